The van der Waals surface area contributed by atoms with E-state index in [2.05, 4.69) is 22.3 Å². The smallest absolute Gasteiger partial charge is 0.223 e. The lowest BCUT2D eigenvalue weighted by atomic mass is 9.97. The second kappa shape index (κ2) is 11.1. The zero-order chi connectivity index (χ0) is 24.1. The van der Waals surface area contributed by atoms with E-state index >= 15 is 0 Å². The molecule has 184 valence electrons. The summed E-state index contributed by atoms with van der Waals surface area (Å²) in [7, 11) is -3.73. The first-order valence-corrected chi connectivity index (χ1v) is 13.8. The second-order valence-corrected chi connectivity index (χ2v) is 11.4. The van der Waals surface area contributed by atoms with E-state index < -0.39 is 21.6 Å². The van der Waals surface area contributed by atoms with Gasteiger partial charge in [0.2, 0.25) is 15.9 Å². The van der Waals surface area contributed by atoms with E-state index in [-0.39, 0.29) is 35.5 Å². The number of halogens is 2. The summed E-state index contributed by atoms with van der Waals surface area (Å²) in [4.78, 5) is 15.1. The Hall–Kier alpha value is -2.16. The van der Waals surface area contributed by atoms with Gasteiger partial charge in [0.1, 0.15) is 5.82 Å². The predicted molar refractivity (Wildman–Crippen MR) is 133 cm³/mol. The number of rotatable bonds is 7. The third-order valence-electron chi connectivity index (χ3n) is 6.73. The summed E-state index contributed by atoms with van der Waals surface area (Å²) >= 11 is 5.99. The Balaban J connectivity index is 1.25. The van der Waals surface area contributed by atoms with E-state index in [4.69, 9.17) is 11.6 Å². The minimum atomic E-state index is -3.73. The number of amides is 1. The van der Waals surface area contributed by atoms with Crippen molar-refractivity contribution in [3.05, 3.63) is 64.4 Å². The highest BCUT2D eigenvalue weighted by Crippen LogP contribution is 2.26. The average Bonchev–Trinajstić information content (AvgIpc) is 2.86. The number of benzene rings is 2. The monoisotopic (exact) mass is 507 g/mol. The topological polar surface area (TPSA) is 69.7 Å². The van der Waals surface area contributed by atoms with Gasteiger partial charge in [-0.2, -0.15) is 0 Å². The van der Waals surface area contributed by atoms with Crippen molar-refractivity contribution in [1.29, 1.82) is 0 Å². The minimum Gasteiger partial charge on any atom is -0.372 e. The highest BCUT2D eigenvalue weighted by atomic mass is 35.5. The van der Waals surface area contributed by atoms with Gasteiger partial charge < -0.3 is 10.2 Å². The van der Waals surface area contributed by atoms with Gasteiger partial charge in [-0.05, 0) is 61.9 Å². The molecule has 0 unspecified atom stereocenters. The summed E-state index contributed by atoms with van der Waals surface area (Å²) in [6, 6.07) is 12.4. The molecule has 2 aromatic rings. The first-order valence-electron chi connectivity index (χ1n) is 11.9. The molecular weight excluding hydrogens is 477 g/mol. The van der Waals surface area contributed by atoms with Crippen molar-refractivity contribution in [2.24, 2.45) is 5.92 Å². The summed E-state index contributed by atoms with van der Waals surface area (Å²) in [5.41, 5.74) is 2.24. The van der Waals surface area contributed by atoms with Gasteiger partial charge in [-0.25, -0.2) is 17.1 Å². The molecule has 2 fully saturated rings. The molecule has 2 aliphatic rings. The lowest BCUT2D eigenvalue weighted by Crippen LogP contribution is -2.43. The van der Waals surface area contributed by atoms with Crippen LogP contribution in [0.3, 0.4) is 0 Å². The lowest BCUT2D eigenvalue weighted by Gasteiger charge is -2.30. The molecular formula is C25H31ClFN3O3S. The molecule has 2 aliphatic heterocycles. The summed E-state index contributed by atoms with van der Waals surface area (Å²) in [5, 5.41) is 3.09. The van der Waals surface area contributed by atoms with E-state index in [1.807, 2.05) is 12.1 Å². The Morgan fingerprint density at radius 2 is 1.68 bits per heavy atom. The van der Waals surface area contributed by atoms with Crippen LogP contribution in [0.1, 0.15) is 43.2 Å². The summed E-state index contributed by atoms with van der Waals surface area (Å²) in [6.07, 6.45) is 4.63. The maximum atomic E-state index is 14.0. The average molecular weight is 508 g/mol. The molecule has 4 rings (SSSR count). The number of hydrogen-bond donors (Lipinski definition) is 1. The van der Waals surface area contributed by atoms with Gasteiger partial charge in [-0.3, -0.25) is 4.79 Å². The van der Waals surface area contributed by atoms with E-state index in [1.165, 1.54) is 47.5 Å². The van der Waals surface area contributed by atoms with Gasteiger partial charge >= 0.3 is 0 Å². The normalized spacial score (nSPS) is 18.1. The molecule has 0 saturated carbocycles. The Morgan fingerprint density at radius 1 is 1.00 bits per heavy atom. The number of carbonyl (C=O) groups is 1. The van der Waals surface area contributed by atoms with E-state index in [9.17, 15) is 17.6 Å². The molecule has 2 saturated heterocycles. The van der Waals surface area contributed by atoms with Crippen LogP contribution in [0.15, 0.2) is 42.5 Å². The molecule has 1 N–H and O–H groups in total. The molecule has 0 aliphatic carbocycles. The van der Waals surface area contributed by atoms with Crippen LogP contribution in [0.2, 0.25) is 5.02 Å². The molecule has 6 nitrogen and oxygen atoms in total. The third kappa shape index (κ3) is 6.09. The number of hydrogen-bond acceptors (Lipinski definition) is 4. The van der Waals surface area contributed by atoms with Gasteiger partial charge in [0, 0.05) is 54.9 Å². The van der Waals surface area contributed by atoms with Crippen molar-refractivity contribution in [2.75, 3.05) is 31.1 Å². The fraction of sp³-hybridized carbons (Fsp3) is 0.480. The molecule has 0 radical (unpaired) electrons. The quantitative estimate of drug-likeness (QED) is 0.605. The van der Waals surface area contributed by atoms with Crippen LogP contribution in [0.4, 0.5) is 10.1 Å². The number of sulfonamides is 1. The SMILES string of the molecule is O=C(NCc1ccc(N2CCCCC2)cc1)C1CCN(S(=O)(=O)Cc2c(F)cccc2Cl)CC1. The van der Waals surface area contributed by atoms with Gasteiger partial charge in [0.15, 0.2) is 0 Å². The fourth-order valence-electron chi connectivity index (χ4n) is 4.65. The van der Waals surface area contributed by atoms with Crippen LogP contribution in [0, 0.1) is 11.7 Å². The Kier molecular flexibility index (Phi) is 8.11. The van der Waals surface area contributed by atoms with E-state index in [1.54, 1.807) is 0 Å². The molecule has 9 heteroatoms. The maximum Gasteiger partial charge on any atom is 0.223 e. The van der Waals surface area contributed by atoms with Crippen molar-refractivity contribution in [2.45, 2.75) is 44.4 Å². The number of carbonyl (C=O) groups excluding carboxylic acids is 1. The van der Waals surface area contributed by atoms with Crippen molar-refractivity contribution in [3.8, 4) is 0 Å². The van der Waals surface area contributed by atoms with Crippen LogP contribution < -0.4 is 10.2 Å². The molecule has 2 aromatic carbocycles. The Labute approximate surface area is 206 Å². The lowest BCUT2D eigenvalue weighted by molar-refractivity contribution is -0.126. The largest absolute Gasteiger partial charge is 0.372 e. The third-order valence-corrected chi connectivity index (χ3v) is 8.89. The number of nitrogens with one attached hydrogen (secondary N) is 1. The first kappa shape index (κ1) is 24.9. The van der Waals surface area contributed by atoms with Gasteiger partial charge in [-0.1, -0.05) is 29.8 Å². The fourth-order valence-corrected chi connectivity index (χ4v) is 6.57. The molecule has 0 aromatic heterocycles. The van der Waals surface area contributed by atoms with Crippen molar-refractivity contribution in [1.82, 2.24) is 9.62 Å². The van der Waals surface area contributed by atoms with Crippen LogP contribution in [-0.2, 0) is 27.1 Å². The van der Waals surface area contributed by atoms with Crippen molar-refractivity contribution in [3.63, 3.8) is 0 Å². The highest BCUT2D eigenvalue weighted by Gasteiger charge is 2.32. The van der Waals surface area contributed by atoms with Crippen LogP contribution >= 0.6 is 11.6 Å². The number of nitrogens with zero attached hydrogens (tertiary/aromatic N) is 2. The zero-order valence-corrected chi connectivity index (χ0v) is 20.8. The Morgan fingerprint density at radius 3 is 2.32 bits per heavy atom. The summed E-state index contributed by atoms with van der Waals surface area (Å²) < 4.78 is 40.9. The number of anilines is 1. The van der Waals surface area contributed by atoms with Gasteiger partial charge in [-0.15, -0.1) is 0 Å². The number of piperidine rings is 2. The predicted octanol–water partition coefficient (Wildman–Crippen LogP) is 4.33. The molecule has 1 amide bonds. The Bertz CT molecular complexity index is 1080. The molecule has 2 heterocycles. The summed E-state index contributed by atoms with van der Waals surface area (Å²) in [5.74, 6) is -1.41. The standard InChI is InChI=1S/C25H31ClFN3O3S/c26-23-5-4-6-24(27)22(23)18-34(32,33)30-15-11-20(12-16-30)25(31)28-17-19-7-9-21(10-8-19)29-13-2-1-3-14-29/h4-10,20H,1-3,11-18H2,(H,28,31). The zero-order valence-electron chi connectivity index (χ0n) is 19.2. The molecule has 0 spiro atoms. The molecule has 0 atom stereocenters. The van der Waals surface area contributed by atoms with Gasteiger partial charge in [0.05, 0.1) is 5.75 Å². The van der Waals surface area contributed by atoms with Crippen LogP contribution in [0.5, 0.6) is 0 Å². The van der Waals surface area contributed by atoms with Crippen molar-refractivity contribution >= 4 is 33.2 Å². The van der Waals surface area contributed by atoms with Crippen molar-refractivity contribution < 1.29 is 17.6 Å². The van der Waals surface area contributed by atoms with Crippen LogP contribution in [-0.4, -0.2) is 44.8 Å². The minimum absolute atomic E-state index is 0.0182. The first-order chi connectivity index (χ1) is 16.3. The maximum absolute atomic E-state index is 14.0. The van der Waals surface area contributed by atoms with Gasteiger partial charge in [0.25, 0.3) is 0 Å². The summed E-state index contributed by atoms with van der Waals surface area (Å²) in [6.45, 7) is 3.10. The van der Waals surface area contributed by atoms with Crippen LogP contribution in [0.25, 0.3) is 0 Å². The van der Waals surface area contributed by atoms with E-state index in [0.717, 1.165) is 18.7 Å². The molecule has 34 heavy (non-hydrogen) atoms. The second-order valence-electron chi connectivity index (χ2n) is 9.06. The van der Waals surface area contributed by atoms with E-state index in [0.29, 0.717) is 19.4 Å². The highest BCUT2D eigenvalue weighted by molar-refractivity contribution is 7.88. The molecule has 0 bridgehead atoms.